The maximum Gasteiger partial charge on any atom is 0.188 e. The summed E-state index contributed by atoms with van der Waals surface area (Å²) in [5, 5.41) is 64.5. The highest BCUT2D eigenvalue weighted by molar-refractivity contribution is 5.34. The number of hydrogen-bond donors (Lipinski definition) is 11. The second-order valence-electron chi connectivity index (χ2n) is 13.5. The van der Waals surface area contributed by atoms with Gasteiger partial charge in [0.25, 0.3) is 0 Å². The minimum Gasteiger partial charge on any atom is -0.496 e. The minimum atomic E-state index is -1.61. The highest BCUT2D eigenvalue weighted by Gasteiger charge is 2.55. The molecular formula is C31H51N5O15. The van der Waals surface area contributed by atoms with E-state index in [1.165, 1.54) is 7.11 Å². The van der Waals surface area contributed by atoms with Crippen molar-refractivity contribution in [1.82, 2.24) is 0 Å². The zero-order valence-electron chi connectivity index (χ0n) is 27.9. The molecule has 20 heteroatoms. The number of aliphatic hydroxyl groups excluding tert-OH is 6. The maximum atomic E-state index is 11.3. The summed E-state index contributed by atoms with van der Waals surface area (Å²) in [7, 11) is 1.52. The van der Waals surface area contributed by atoms with Gasteiger partial charge in [-0.25, -0.2) is 0 Å². The van der Waals surface area contributed by atoms with E-state index in [1.807, 2.05) is 0 Å². The van der Waals surface area contributed by atoms with Crippen molar-refractivity contribution in [3.8, 4) is 5.75 Å². The van der Waals surface area contributed by atoms with Crippen molar-refractivity contribution in [3.05, 3.63) is 29.8 Å². The summed E-state index contributed by atoms with van der Waals surface area (Å²) in [4.78, 5) is 0. The quantitative estimate of drug-likeness (QED) is 0.107. The molecule has 1 aromatic rings. The zero-order valence-corrected chi connectivity index (χ0v) is 27.9. The van der Waals surface area contributed by atoms with E-state index in [0.29, 0.717) is 11.3 Å². The number of methoxy groups -OCH3 is 1. The lowest BCUT2D eigenvalue weighted by atomic mass is 9.84. The van der Waals surface area contributed by atoms with E-state index >= 15 is 0 Å². The Balaban J connectivity index is 1.14. The van der Waals surface area contributed by atoms with Crippen LogP contribution >= 0.6 is 0 Å². The van der Waals surface area contributed by atoms with Gasteiger partial charge in [0.1, 0.15) is 72.9 Å². The summed E-state index contributed by atoms with van der Waals surface area (Å²) in [5.41, 5.74) is 31.4. The van der Waals surface area contributed by atoms with Crippen LogP contribution in [0.15, 0.2) is 24.3 Å². The molecule has 4 heterocycles. The van der Waals surface area contributed by atoms with Crippen molar-refractivity contribution in [2.24, 2.45) is 28.7 Å². The van der Waals surface area contributed by atoms with Crippen LogP contribution in [0.3, 0.4) is 0 Å². The first-order chi connectivity index (χ1) is 24.4. The minimum absolute atomic E-state index is 0.00357. The molecular weight excluding hydrogens is 682 g/mol. The predicted octanol–water partition coefficient (Wildman–Crippen LogP) is -6.09. The van der Waals surface area contributed by atoms with Crippen LogP contribution in [0.25, 0.3) is 0 Å². The molecule has 4 saturated heterocycles. The van der Waals surface area contributed by atoms with Crippen LogP contribution in [0.4, 0.5) is 0 Å². The van der Waals surface area contributed by atoms with Crippen LogP contribution in [0.2, 0.25) is 0 Å². The third-order valence-corrected chi connectivity index (χ3v) is 10.2. The molecule has 20 atom stereocenters. The fourth-order valence-electron chi connectivity index (χ4n) is 7.23. The van der Waals surface area contributed by atoms with Crippen molar-refractivity contribution in [1.29, 1.82) is 0 Å². The molecule has 16 N–H and O–H groups in total. The molecule has 1 aromatic carbocycles. The monoisotopic (exact) mass is 733 g/mol. The predicted molar refractivity (Wildman–Crippen MR) is 170 cm³/mol. The number of benzene rings is 1. The van der Waals surface area contributed by atoms with Gasteiger partial charge in [0.15, 0.2) is 25.2 Å². The first-order valence-corrected chi connectivity index (χ1v) is 16.9. The molecule has 20 nitrogen and oxygen atoms in total. The number of para-hydroxylation sites is 1. The lowest BCUT2D eigenvalue weighted by molar-refractivity contribution is -0.356. The molecule has 5 fully saturated rings. The third-order valence-electron chi connectivity index (χ3n) is 10.2. The van der Waals surface area contributed by atoms with E-state index < -0.39 is 129 Å². The molecule has 1 aliphatic carbocycles. The van der Waals surface area contributed by atoms with Crippen LogP contribution in [-0.2, 0) is 37.9 Å². The average molecular weight is 734 g/mol. The second-order valence-corrected chi connectivity index (χ2v) is 13.5. The Bertz CT molecular complexity index is 1290. The Morgan fingerprint density at radius 2 is 1.35 bits per heavy atom. The SMILES string of the molecule is COc1ccccc1[C@@H]1OC[C@H]2O[C@H](O[C@@H]3[C@@H](O[C@@H]4O[C@H](CO)[C@@H](O[C@@H]5O[C@H](CN)[C@H](O)[C@@H](O)[C@@H]5N)[C@H]4O)[C@H](O)[C@@H](N)C[C@H]3N)[C@H](N)[C@@H](O)[C@@H]2O1. The number of nitrogens with two attached hydrogens (primary N) is 5. The standard InChI is InChI=1S/C31H51N5O15/c1-43-13-5-3-2-4-10(13)28-44-9-16-26(49-28)22(41)18(36)30(47-16)48-24-12(34)6-11(33)19(38)27(24)51-31-23(42)25(15(8-37)46-31)50-29-17(35)21(40)20(39)14(7-32)45-29/h2-5,11-12,14-31,37-42H,6-9,32-36H2,1H3/t11-,12+,14+,15+,16+,17-,18+,19+,20-,21-,22+,23+,24-,25+,26+,27-,28+,29-,30+,31-/m0/s1. The van der Waals surface area contributed by atoms with Crippen molar-refractivity contribution in [2.45, 2.75) is 129 Å². The maximum absolute atomic E-state index is 11.3. The van der Waals surface area contributed by atoms with Crippen LogP contribution in [0.5, 0.6) is 5.75 Å². The van der Waals surface area contributed by atoms with Gasteiger partial charge < -0.3 is 102 Å². The summed E-state index contributed by atoms with van der Waals surface area (Å²) in [6.45, 7) is -0.806. The lowest BCUT2D eigenvalue weighted by Gasteiger charge is -2.49. The Labute approximate surface area is 293 Å². The number of hydrogen-bond acceptors (Lipinski definition) is 20. The Kier molecular flexibility index (Phi) is 12.5. The molecule has 4 aliphatic heterocycles. The van der Waals surface area contributed by atoms with Crippen LogP contribution in [0.1, 0.15) is 18.3 Å². The van der Waals surface area contributed by atoms with E-state index in [4.69, 9.17) is 71.3 Å². The Morgan fingerprint density at radius 3 is 2.06 bits per heavy atom. The van der Waals surface area contributed by atoms with Gasteiger partial charge in [-0.1, -0.05) is 18.2 Å². The van der Waals surface area contributed by atoms with E-state index in [0.717, 1.165) is 0 Å². The molecule has 0 amide bonds. The zero-order chi connectivity index (χ0) is 36.7. The van der Waals surface area contributed by atoms with E-state index in [-0.39, 0.29) is 19.6 Å². The highest BCUT2D eigenvalue weighted by Crippen LogP contribution is 2.39. The van der Waals surface area contributed by atoms with Gasteiger partial charge in [-0.2, -0.15) is 0 Å². The molecule has 0 aromatic heterocycles. The van der Waals surface area contributed by atoms with Gasteiger partial charge in [-0.05, 0) is 12.5 Å². The highest BCUT2D eigenvalue weighted by atomic mass is 16.8. The first kappa shape index (κ1) is 39.0. The normalized spacial score (nSPS) is 49.0. The number of rotatable bonds is 10. The van der Waals surface area contributed by atoms with Crippen LogP contribution < -0.4 is 33.4 Å². The second kappa shape index (κ2) is 16.3. The van der Waals surface area contributed by atoms with Crippen molar-refractivity contribution < 1.29 is 73.3 Å². The van der Waals surface area contributed by atoms with Gasteiger partial charge in [0.05, 0.1) is 38.5 Å². The lowest BCUT2D eigenvalue weighted by Crippen LogP contribution is -2.69. The molecule has 0 radical (unpaired) electrons. The molecule has 0 spiro atoms. The summed E-state index contributed by atoms with van der Waals surface area (Å²) < 4.78 is 53.1. The van der Waals surface area contributed by atoms with E-state index in [9.17, 15) is 30.6 Å². The van der Waals surface area contributed by atoms with Crippen LogP contribution in [-0.4, -0.2) is 174 Å². The molecule has 0 bridgehead atoms. The number of ether oxygens (including phenoxy) is 9. The van der Waals surface area contributed by atoms with Crippen molar-refractivity contribution >= 4 is 0 Å². The average Bonchev–Trinajstić information content (AvgIpc) is 3.43. The summed E-state index contributed by atoms with van der Waals surface area (Å²) in [5.74, 6) is 0.538. The molecule has 290 valence electrons. The fourth-order valence-corrected chi connectivity index (χ4v) is 7.23. The van der Waals surface area contributed by atoms with Gasteiger partial charge in [0, 0.05) is 24.2 Å². The van der Waals surface area contributed by atoms with E-state index in [1.54, 1.807) is 24.3 Å². The molecule has 51 heavy (non-hydrogen) atoms. The van der Waals surface area contributed by atoms with Crippen molar-refractivity contribution in [2.75, 3.05) is 26.9 Å². The summed E-state index contributed by atoms with van der Waals surface area (Å²) in [6.07, 6.45) is -19.8. The summed E-state index contributed by atoms with van der Waals surface area (Å²) in [6, 6.07) is 3.02. The summed E-state index contributed by atoms with van der Waals surface area (Å²) >= 11 is 0. The topological polar surface area (TPSA) is 335 Å². The first-order valence-electron chi connectivity index (χ1n) is 16.9. The molecule has 6 rings (SSSR count). The number of fused-ring (bicyclic) bond motifs is 1. The molecule has 0 unspecified atom stereocenters. The number of aliphatic hydroxyl groups is 6. The van der Waals surface area contributed by atoms with Gasteiger partial charge in [0.2, 0.25) is 0 Å². The van der Waals surface area contributed by atoms with Gasteiger partial charge in [-0.3, -0.25) is 0 Å². The van der Waals surface area contributed by atoms with E-state index in [2.05, 4.69) is 0 Å². The van der Waals surface area contributed by atoms with Crippen molar-refractivity contribution in [3.63, 3.8) is 0 Å². The van der Waals surface area contributed by atoms with Crippen LogP contribution in [0, 0.1) is 0 Å². The van der Waals surface area contributed by atoms with Gasteiger partial charge >= 0.3 is 0 Å². The molecule has 5 aliphatic rings. The molecule has 1 saturated carbocycles. The third kappa shape index (κ3) is 7.64. The Hall–Kier alpha value is -1.74. The fraction of sp³-hybridized carbons (Fsp3) is 0.806. The van der Waals surface area contributed by atoms with Gasteiger partial charge in [-0.15, -0.1) is 0 Å². The Morgan fingerprint density at radius 1 is 0.706 bits per heavy atom. The smallest absolute Gasteiger partial charge is 0.188 e. The largest absolute Gasteiger partial charge is 0.496 e.